The van der Waals surface area contributed by atoms with Crippen molar-refractivity contribution < 1.29 is 22.7 Å². The van der Waals surface area contributed by atoms with Crippen molar-refractivity contribution in [3.63, 3.8) is 0 Å². The second kappa shape index (κ2) is 6.11. The van der Waals surface area contributed by atoms with Gasteiger partial charge in [0, 0.05) is 17.7 Å². The Morgan fingerprint density at radius 2 is 2.07 bits per heavy atom. The molecule has 1 aliphatic heterocycles. The van der Waals surface area contributed by atoms with Crippen molar-refractivity contribution in [2.24, 2.45) is 5.92 Å². The molecule has 1 aliphatic carbocycles. The molecule has 0 unspecified atom stereocenters. The number of allylic oxidation sites excluding steroid dienone is 2. The molecule has 0 amide bonds. The lowest BCUT2D eigenvalue weighted by Crippen LogP contribution is -2.33. The van der Waals surface area contributed by atoms with Crippen LogP contribution in [0.1, 0.15) is 37.2 Å². The molecular formula is C18H17F3N4O2. The van der Waals surface area contributed by atoms with Crippen LogP contribution in [-0.4, -0.2) is 27.7 Å². The first-order valence-electron chi connectivity index (χ1n) is 8.49. The summed E-state index contributed by atoms with van der Waals surface area (Å²) in [6.07, 6.45) is -3.77. The molecule has 2 aromatic rings. The van der Waals surface area contributed by atoms with E-state index >= 15 is 0 Å². The minimum atomic E-state index is -4.68. The molecule has 0 spiro atoms. The van der Waals surface area contributed by atoms with Crippen LogP contribution in [0, 0.1) is 5.92 Å². The smallest absolute Gasteiger partial charge is 0.453 e. The minimum Gasteiger partial charge on any atom is -0.497 e. The number of methoxy groups -OCH3 is 1. The molecule has 4 rings (SSSR count). The van der Waals surface area contributed by atoms with Crippen molar-refractivity contribution >= 4 is 11.7 Å². The number of carbonyl (C=O) groups is 1. The van der Waals surface area contributed by atoms with Crippen LogP contribution in [0.2, 0.25) is 0 Å². The molecule has 1 N–H and O–H groups in total. The zero-order valence-electron chi connectivity index (χ0n) is 14.7. The maximum atomic E-state index is 13.2. The number of carbonyl (C=O) groups excluding carboxylic acids is 1. The predicted molar refractivity (Wildman–Crippen MR) is 90.2 cm³/mol. The van der Waals surface area contributed by atoms with Crippen LogP contribution in [0.3, 0.4) is 0 Å². The largest absolute Gasteiger partial charge is 0.497 e. The molecule has 0 fully saturated rings. The first kappa shape index (κ1) is 17.6. The summed E-state index contributed by atoms with van der Waals surface area (Å²) in [6.45, 7) is 1.93. The Kier molecular flexibility index (Phi) is 3.97. The summed E-state index contributed by atoms with van der Waals surface area (Å²) in [5.41, 5.74) is 1.67. The fourth-order valence-corrected chi connectivity index (χ4v) is 3.65. The zero-order valence-corrected chi connectivity index (χ0v) is 14.7. The molecule has 142 valence electrons. The lowest BCUT2D eigenvalue weighted by molar-refractivity contribution is -0.145. The van der Waals surface area contributed by atoms with Crippen molar-refractivity contribution in [2.75, 3.05) is 12.4 Å². The van der Waals surface area contributed by atoms with E-state index in [9.17, 15) is 18.0 Å². The molecule has 9 heteroatoms. The van der Waals surface area contributed by atoms with Gasteiger partial charge in [0.05, 0.1) is 7.11 Å². The number of aromatic nitrogens is 3. The Hall–Kier alpha value is -2.84. The Morgan fingerprint density at radius 1 is 1.30 bits per heavy atom. The quantitative estimate of drug-likeness (QED) is 0.865. The summed E-state index contributed by atoms with van der Waals surface area (Å²) in [7, 11) is 1.50. The second-order valence-corrected chi connectivity index (χ2v) is 6.83. The van der Waals surface area contributed by atoms with Gasteiger partial charge in [0.25, 0.3) is 5.82 Å². The van der Waals surface area contributed by atoms with E-state index in [0.717, 1.165) is 4.68 Å². The van der Waals surface area contributed by atoms with E-state index in [4.69, 9.17) is 4.74 Å². The van der Waals surface area contributed by atoms with Gasteiger partial charge < -0.3 is 10.1 Å². The molecule has 27 heavy (non-hydrogen) atoms. The molecule has 1 aromatic carbocycles. The maximum Gasteiger partial charge on any atom is 0.453 e. The van der Waals surface area contributed by atoms with Crippen molar-refractivity contribution in [3.8, 4) is 5.75 Å². The summed E-state index contributed by atoms with van der Waals surface area (Å²) < 4.78 is 45.9. The molecule has 0 saturated carbocycles. The van der Waals surface area contributed by atoms with Gasteiger partial charge in [-0.2, -0.15) is 18.2 Å². The number of fused-ring (bicyclic) bond motifs is 1. The fraction of sp³-hybridized carbons (Fsp3) is 0.389. The standard InChI is InChI=1S/C18H17F3N4O2/c1-9-6-12-14(13(26)7-9)15(10-4-3-5-11(8-10)27-2)25-17(22-12)23-16(24-25)18(19,20)21/h3-5,8-9,15H,6-7H2,1-2H3,(H,22,23,24)/t9-,15-/m0/s1. The van der Waals surface area contributed by atoms with Gasteiger partial charge in [0.15, 0.2) is 5.78 Å². The summed E-state index contributed by atoms with van der Waals surface area (Å²) in [4.78, 5) is 16.4. The maximum absolute atomic E-state index is 13.2. The molecule has 0 bridgehead atoms. The van der Waals surface area contributed by atoms with Crippen LogP contribution >= 0.6 is 0 Å². The van der Waals surface area contributed by atoms with E-state index in [0.29, 0.717) is 35.4 Å². The van der Waals surface area contributed by atoms with Crippen molar-refractivity contribution in [2.45, 2.75) is 32.0 Å². The molecule has 0 saturated heterocycles. The number of anilines is 1. The van der Waals surface area contributed by atoms with Crippen molar-refractivity contribution in [1.82, 2.24) is 14.8 Å². The summed E-state index contributed by atoms with van der Waals surface area (Å²) in [6, 6.07) is 6.12. The van der Waals surface area contributed by atoms with Gasteiger partial charge in [-0.3, -0.25) is 4.79 Å². The number of halogens is 3. The van der Waals surface area contributed by atoms with Gasteiger partial charge in [-0.1, -0.05) is 19.1 Å². The van der Waals surface area contributed by atoms with E-state index in [-0.39, 0.29) is 17.6 Å². The summed E-state index contributed by atoms with van der Waals surface area (Å²) in [5, 5.41) is 6.57. The fourth-order valence-electron chi connectivity index (χ4n) is 3.65. The number of hydrogen-bond donors (Lipinski definition) is 1. The van der Waals surface area contributed by atoms with Gasteiger partial charge in [0.2, 0.25) is 5.95 Å². The number of ether oxygens (including phenoxy) is 1. The van der Waals surface area contributed by atoms with Crippen LogP contribution in [0.4, 0.5) is 19.1 Å². The molecule has 0 radical (unpaired) electrons. The number of rotatable bonds is 2. The third-order valence-corrected chi connectivity index (χ3v) is 4.79. The number of Topliss-reactive ketones (excluding diaryl/α,β-unsaturated/α-hetero) is 1. The summed E-state index contributed by atoms with van der Waals surface area (Å²) in [5.74, 6) is -0.707. The highest BCUT2D eigenvalue weighted by Gasteiger charge is 2.43. The first-order valence-corrected chi connectivity index (χ1v) is 8.49. The van der Waals surface area contributed by atoms with Crippen LogP contribution < -0.4 is 10.1 Å². The van der Waals surface area contributed by atoms with Gasteiger partial charge in [-0.15, -0.1) is 5.10 Å². The number of benzene rings is 1. The Morgan fingerprint density at radius 3 is 2.78 bits per heavy atom. The first-order chi connectivity index (χ1) is 12.8. The van der Waals surface area contributed by atoms with Crippen LogP contribution in [-0.2, 0) is 11.0 Å². The second-order valence-electron chi connectivity index (χ2n) is 6.83. The van der Waals surface area contributed by atoms with Crippen molar-refractivity contribution in [1.29, 1.82) is 0 Å². The lowest BCUT2D eigenvalue weighted by atomic mass is 9.81. The molecule has 2 heterocycles. The average molecular weight is 378 g/mol. The van der Waals surface area contributed by atoms with Crippen LogP contribution in [0.5, 0.6) is 5.75 Å². The topological polar surface area (TPSA) is 69.0 Å². The lowest BCUT2D eigenvalue weighted by Gasteiger charge is -2.34. The number of hydrogen-bond acceptors (Lipinski definition) is 5. The number of alkyl halides is 3. The highest BCUT2D eigenvalue weighted by atomic mass is 19.4. The van der Waals surface area contributed by atoms with Gasteiger partial charge in [0.1, 0.15) is 11.8 Å². The van der Waals surface area contributed by atoms with Gasteiger partial charge in [-0.05, 0) is 30.0 Å². The number of nitrogens with one attached hydrogen (secondary N) is 1. The van der Waals surface area contributed by atoms with Crippen molar-refractivity contribution in [3.05, 3.63) is 46.9 Å². The van der Waals surface area contributed by atoms with Gasteiger partial charge >= 0.3 is 6.18 Å². The molecule has 2 aliphatic rings. The Balaban J connectivity index is 1.91. The highest BCUT2D eigenvalue weighted by molar-refractivity contribution is 5.99. The Labute approximate surface area is 153 Å². The van der Waals surface area contributed by atoms with Crippen LogP contribution in [0.15, 0.2) is 35.5 Å². The van der Waals surface area contributed by atoms with E-state index in [1.807, 2.05) is 6.92 Å². The summed E-state index contributed by atoms with van der Waals surface area (Å²) >= 11 is 0. The highest BCUT2D eigenvalue weighted by Crippen LogP contribution is 2.42. The van der Waals surface area contributed by atoms with Crippen LogP contribution in [0.25, 0.3) is 0 Å². The predicted octanol–water partition coefficient (Wildman–Crippen LogP) is 3.57. The normalized spacial score (nSPS) is 22.2. The van der Waals surface area contributed by atoms with E-state index in [2.05, 4.69) is 15.4 Å². The molecular weight excluding hydrogens is 361 g/mol. The SMILES string of the molecule is COc1cccc([C@H]2C3=C(C[C@H](C)CC3=O)Nc3nc(C(F)(F)F)nn32)c1. The minimum absolute atomic E-state index is 0.0178. The third-order valence-electron chi connectivity index (χ3n) is 4.79. The van der Waals surface area contributed by atoms with E-state index in [1.54, 1.807) is 24.3 Å². The van der Waals surface area contributed by atoms with E-state index < -0.39 is 18.0 Å². The third kappa shape index (κ3) is 2.96. The molecule has 1 aromatic heterocycles. The molecule has 2 atom stereocenters. The molecule has 6 nitrogen and oxygen atoms in total. The Bertz CT molecular complexity index is 948. The zero-order chi connectivity index (χ0) is 19.3. The number of ketones is 1. The van der Waals surface area contributed by atoms with Gasteiger partial charge in [-0.25, -0.2) is 4.68 Å². The average Bonchev–Trinajstić information content (AvgIpc) is 3.03. The number of nitrogens with zero attached hydrogens (tertiary/aromatic N) is 3. The monoisotopic (exact) mass is 378 g/mol. The van der Waals surface area contributed by atoms with E-state index in [1.165, 1.54) is 7.11 Å².